The van der Waals surface area contributed by atoms with Crippen LogP contribution in [-0.2, 0) is 0 Å². The summed E-state index contributed by atoms with van der Waals surface area (Å²) in [5, 5.41) is 3.68. The molecular formula is C14H23NS. The van der Waals surface area contributed by atoms with Crippen molar-refractivity contribution in [1.82, 2.24) is 5.32 Å². The molecule has 0 radical (unpaired) electrons. The van der Waals surface area contributed by atoms with Crippen LogP contribution in [0.3, 0.4) is 0 Å². The highest BCUT2D eigenvalue weighted by molar-refractivity contribution is 7.12. The molecule has 2 heteroatoms. The lowest BCUT2D eigenvalue weighted by Gasteiger charge is -2.29. The lowest BCUT2D eigenvalue weighted by molar-refractivity contribution is 0.342. The van der Waals surface area contributed by atoms with Crippen molar-refractivity contribution >= 4 is 11.3 Å². The molecule has 1 aromatic heterocycles. The monoisotopic (exact) mass is 237 g/mol. The van der Waals surface area contributed by atoms with Crippen LogP contribution in [0, 0.1) is 6.92 Å². The maximum atomic E-state index is 3.68. The summed E-state index contributed by atoms with van der Waals surface area (Å²) >= 11 is 1.99. The zero-order valence-electron chi connectivity index (χ0n) is 10.5. The van der Waals surface area contributed by atoms with Crippen LogP contribution in [0.2, 0.25) is 0 Å². The highest BCUT2D eigenvalue weighted by Gasteiger charge is 2.23. The lowest BCUT2D eigenvalue weighted by atomic mass is 9.85. The summed E-state index contributed by atoms with van der Waals surface area (Å²) in [4.78, 5) is 3.07. The van der Waals surface area contributed by atoms with Gasteiger partial charge in [-0.3, -0.25) is 0 Å². The summed E-state index contributed by atoms with van der Waals surface area (Å²) in [5.74, 6) is 0.821. The molecule has 0 spiro atoms. The maximum Gasteiger partial charge on any atom is 0.00796 e. The molecule has 1 aliphatic carbocycles. The Balaban J connectivity index is 1.91. The molecule has 0 bridgehead atoms. The van der Waals surface area contributed by atoms with Crippen LogP contribution in [0.15, 0.2) is 12.1 Å². The van der Waals surface area contributed by atoms with Crippen molar-refractivity contribution < 1.29 is 0 Å². The zero-order valence-corrected chi connectivity index (χ0v) is 11.3. The average Bonchev–Trinajstić information content (AvgIpc) is 2.74. The van der Waals surface area contributed by atoms with E-state index < -0.39 is 0 Å². The van der Waals surface area contributed by atoms with Gasteiger partial charge in [-0.25, -0.2) is 0 Å². The van der Waals surface area contributed by atoms with E-state index in [2.05, 4.69) is 31.3 Å². The van der Waals surface area contributed by atoms with Gasteiger partial charge in [-0.15, -0.1) is 11.3 Å². The van der Waals surface area contributed by atoms with Gasteiger partial charge in [-0.2, -0.15) is 0 Å². The van der Waals surface area contributed by atoms with Crippen molar-refractivity contribution in [1.29, 1.82) is 0 Å². The SMILES string of the molecule is CCCNC1CCCC(c2ccc(C)s2)C1. The molecule has 0 aromatic carbocycles. The molecule has 90 valence electrons. The number of aryl methyl sites for hydroxylation is 1. The molecule has 2 unspecified atom stereocenters. The van der Waals surface area contributed by atoms with Gasteiger partial charge in [0, 0.05) is 15.8 Å². The Morgan fingerprint density at radius 3 is 2.94 bits per heavy atom. The first-order valence-corrected chi connectivity index (χ1v) is 7.41. The van der Waals surface area contributed by atoms with E-state index in [1.165, 1.54) is 43.5 Å². The Morgan fingerprint density at radius 2 is 2.25 bits per heavy atom. The Morgan fingerprint density at radius 1 is 1.38 bits per heavy atom. The topological polar surface area (TPSA) is 12.0 Å². The standard InChI is InChI=1S/C14H23NS/c1-3-9-15-13-6-4-5-12(10-13)14-8-7-11(2)16-14/h7-8,12-13,15H,3-6,9-10H2,1-2H3. The summed E-state index contributed by atoms with van der Waals surface area (Å²) in [6, 6.07) is 5.37. The molecular weight excluding hydrogens is 214 g/mol. The van der Waals surface area contributed by atoms with E-state index in [1.54, 1.807) is 4.88 Å². The van der Waals surface area contributed by atoms with Crippen molar-refractivity contribution in [3.63, 3.8) is 0 Å². The zero-order chi connectivity index (χ0) is 11.4. The fourth-order valence-electron chi connectivity index (χ4n) is 2.65. The summed E-state index contributed by atoms with van der Waals surface area (Å²) in [5.41, 5.74) is 0. The highest BCUT2D eigenvalue weighted by Crippen LogP contribution is 2.36. The molecule has 0 saturated heterocycles. The van der Waals surface area contributed by atoms with E-state index in [-0.39, 0.29) is 0 Å². The molecule has 1 N–H and O–H groups in total. The van der Waals surface area contributed by atoms with Crippen LogP contribution in [0.4, 0.5) is 0 Å². The Hall–Kier alpha value is -0.340. The summed E-state index contributed by atoms with van der Waals surface area (Å²) in [6.07, 6.45) is 6.76. The van der Waals surface area contributed by atoms with Gasteiger partial charge in [-0.1, -0.05) is 13.3 Å². The molecule has 1 fully saturated rings. The number of hydrogen-bond acceptors (Lipinski definition) is 2. The normalized spacial score (nSPS) is 25.9. The third-order valence-corrected chi connectivity index (χ3v) is 4.68. The number of hydrogen-bond donors (Lipinski definition) is 1. The van der Waals surface area contributed by atoms with Crippen LogP contribution in [-0.4, -0.2) is 12.6 Å². The Bertz CT molecular complexity index is 318. The summed E-state index contributed by atoms with van der Waals surface area (Å²) in [6.45, 7) is 5.64. The van der Waals surface area contributed by atoms with Crippen LogP contribution in [0.25, 0.3) is 0 Å². The van der Waals surface area contributed by atoms with Gasteiger partial charge in [0.15, 0.2) is 0 Å². The van der Waals surface area contributed by atoms with Gasteiger partial charge >= 0.3 is 0 Å². The molecule has 0 aliphatic heterocycles. The summed E-state index contributed by atoms with van der Waals surface area (Å²) < 4.78 is 0. The summed E-state index contributed by atoms with van der Waals surface area (Å²) in [7, 11) is 0. The fourth-order valence-corrected chi connectivity index (χ4v) is 3.68. The van der Waals surface area contributed by atoms with Gasteiger partial charge in [0.2, 0.25) is 0 Å². The molecule has 1 aromatic rings. The second-order valence-corrected chi connectivity index (χ2v) is 6.28. The second-order valence-electron chi connectivity index (χ2n) is 4.96. The first-order valence-electron chi connectivity index (χ1n) is 6.59. The maximum absolute atomic E-state index is 3.68. The van der Waals surface area contributed by atoms with E-state index >= 15 is 0 Å². The molecule has 1 nitrogen and oxygen atoms in total. The molecule has 1 heterocycles. The van der Waals surface area contributed by atoms with Crippen LogP contribution in [0.1, 0.15) is 54.7 Å². The number of nitrogens with one attached hydrogen (secondary N) is 1. The van der Waals surface area contributed by atoms with Crippen LogP contribution in [0.5, 0.6) is 0 Å². The number of thiophene rings is 1. The largest absolute Gasteiger partial charge is 0.314 e. The van der Waals surface area contributed by atoms with Crippen LogP contribution >= 0.6 is 11.3 Å². The van der Waals surface area contributed by atoms with E-state index in [4.69, 9.17) is 0 Å². The van der Waals surface area contributed by atoms with E-state index in [0.29, 0.717) is 0 Å². The molecule has 2 atom stereocenters. The molecule has 16 heavy (non-hydrogen) atoms. The van der Waals surface area contributed by atoms with Gasteiger partial charge in [0.25, 0.3) is 0 Å². The fraction of sp³-hybridized carbons (Fsp3) is 0.714. The second kappa shape index (κ2) is 5.83. The van der Waals surface area contributed by atoms with E-state index in [1.807, 2.05) is 11.3 Å². The predicted molar refractivity (Wildman–Crippen MR) is 72.3 cm³/mol. The molecule has 2 rings (SSSR count). The van der Waals surface area contributed by atoms with E-state index in [0.717, 1.165) is 12.0 Å². The predicted octanol–water partition coefficient (Wildman–Crippen LogP) is 4.08. The molecule has 0 amide bonds. The molecule has 1 saturated carbocycles. The lowest BCUT2D eigenvalue weighted by Crippen LogP contribution is -2.33. The third kappa shape index (κ3) is 3.08. The minimum absolute atomic E-state index is 0.765. The van der Waals surface area contributed by atoms with Gasteiger partial charge in [0.1, 0.15) is 0 Å². The van der Waals surface area contributed by atoms with Crippen molar-refractivity contribution in [3.8, 4) is 0 Å². The average molecular weight is 237 g/mol. The van der Waals surface area contributed by atoms with Crippen molar-refractivity contribution in [2.24, 2.45) is 0 Å². The van der Waals surface area contributed by atoms with Crippen LogP contribution < -0.4 is 5.32 Å². The van der Waals surface area contributed by atoms with Crippen molar-refractivity contribution in [2.75, 3.05) is 6.54 Å². The highest BCUT2D eigenvalue weighted by atomic mass is 32.1. The van der Waals surface area contributed by atoms with Gasteiger partial charge in [-0.05, 0) is 57.2 Å². The first-order chi connectivity index (χ1) is 7.79. The Labute approximate surface area is 103 Å². The van der Waals surface area contributed by atoms with E-state index in [9.17, 15) is 0 Å². The van der Waals surface area contributed by atoms with Gasteiger partial charge < -0.3 is 5.32 Å². The molecule has 1 aliphatic rings. The minimum Gasteiger partial charge on any atom is -0.314 e. The minimum atomic E-state index is 0.765. The van der Waals surface area contributed by atoms with Gasteiger partial charge in [0.05, 0.1) is 0 Å². The van der Waals surface area contributed by atoms with Crippen molar-refractivity contribution in [3.05, 3.63) is 21.9 Å². The van der Waals surface area contributed by atoms with Crippen molar-refractivity contribution in [2.45, 2.75) is 57.9 Å². The Kier molecular flexibility index (Phi) is 4.42. The third-order valence-electron chi connectivity index (χ3n) is 3.52. The smallest absolute Gasteiger partial charge is 0.00796 e. The quantitative estimate of drug-likeness (QED) is 0.832. The number of rotatable bonds is 4. The first kappa shape index (κ1) is 12.1.